The number of nitrogens with one attached hydrogen (secondary N) is 1. The van der Waals surface area contributed by atoms with Crippen LogP contribution in [0.15, 0.2) is 23.4 Å². The predicted octanol–water partition coefficient (Wildman–Crippen LogP) is 4.77. The molecular weight excluding hydrogens is 470 g/mol. The first kappa shape index (κ1) is 22.9. The normalized spacial score (nSPS) is 15.5. The highest BCUT2D eigenvalue weighted by atomic mass is 32.2. The Morgan fingerprint density at radius 1 is 1.24 bits per heavy atom. The number of anilines is 1. The van der Waals surface area contributed by atoms with Crippen molar-refractivity contribution in [1.29, 1.82) is 0 Å². The Morgan fingerprint density at radius 2 is 2.00 bits per heavy atom. The number of carbonyl (C=O) groups excluding carboxylic acids is 1. The number of amides is 1. The van der Waals surface area contributed by atoms with Gasteiger partial charge in [-0.2, -0.15) is 0 Å². The Labute approximate surface area is 206 Å². The average molecular weight is 498 g/mol. The number of ether oxygens (including phenoxy) is 2. The van der Waals surface area contributed by atoms with E-state index in [4.69, 9.17) is 14.5 Å². The minimum absolute atomic E-state index is 0.147. The van der Waals surface area contributed by atoms with Gasteiger partial charge in [0.2, 0.25) is 5.91 Å². The van der Waals surface area contributed by atoms with Crippen LogP contribution in [0.2, 0.25) is 0 Å². The lowest BCUT2D eigenvalue weighted by Gasteiger charge is -2.17. The molecule has 0 spiro atoms. The zero-order valence-electron chi connectivity index (χ0n) is 19.7. The van der Waals surface area contributed by atoms with Gasteiger partial charge in [-0.25, -0.2) is 4.98 Å². The highest BCUT2D eigenvalue weighted by Crippen LogP contribution is 2.39. The zero-order valence-corrected chi connectivity index (χ0v) is 21.3. The number of nitrogens with zero attached hydrogens (tertiary/aromatic N) is 4. The van der Waals surface area contributed by atoms with Gasteiger partial charge in [-0.05, 0) is 30.7 Å². The van der Waals surface area contributed by atoms with Gasteiger partial charge in [-0.1, -0.05) is 25.6 Å². The fourth-order valence-electron chi connectivity index (χ4n) is 4.41. The molecule has 1 amide bonds. The molecule has 5 rings (SSSR count). The molecule has 1 aliphatic rings. The SMILES string of the molecule is CCc1nc2sc3c(c2c2nnc(SCC(=O)Nc4cc(OC)cc(OC)c4)n12)CCC(C)C3. The summed E-state index contributed by atoms with van der Waals surface area (Å²) in [5.41, 5.74) is 2.85. The summed E-state index contributed by atoms with van der Waals surface area (Å²) in [6.45, 7) is 4.40. The van der Waals surface area contributed by atoms with Crippen LogP contribution in [0, 0.1) is 5.92 Å². The van der Waals surface area contributed by atoms with Crippen LogP contribution in [-0.2, 0) is 24.1 Å². The number of fused-ring (bicyclic) bond motifs is 5. The second-order valence-corrected chi connectivity index (χ2v) is 10.5. The third-order valence-corrected chi connectivity index (χ3v) is 8.20. The quantitative estimate of drug-likeness (QED) is 0.368. The number of benzene rings is 1. The van der Waals surface area contributed by atoms with Crippen molar-refractivity contribution in [3.63, 3.8) is 0 Å². The summed E-state index contributed by atoms with van der Waals surface area (Å²) in [6.07, 6.45) is 4.11. The Morgan fingerprint density at radius 3 is 2.71 bits per heavy atom. The Hall–Kier alpha value is -2.85. The fourth-order valence-corrected chi connectivity index (χ4v) is 6.56. The molecule has 0 fully saturated rings. The van der Waals surface area contributed by atoms with Gasteiger partial charge in [0.15, 0.2) is 10.8 Å². The van der Waals surface area contributed by atoms with Gasteiger partial charge in [-0.15, -0.1) is 21.5 Å². The molecule has 1 aromatic carbocycles. The molecule has 1 unspecified atom stereocenters. The summed E-state index contributed by atoms with van der Waals surface area (Å²) in [6, 6.07) is 5.28. The lowest BCUT2D eigenvalue weighted by Crippen LogP contribution is -2.14. The second-order valence-electron chi connectivity index (χ2n) is 8.49. The monoisotopic (exact) mass is 497 g/mol. The van der Waals surface area contributed by atoms with Crippen LogP contribution in [0.1, 0.15) is 36.5 Å². The molecule has 178 valence electrons. The minimum atomic E-state index is -0.147. The molecule has 0 aliphatic heterocycles. The van der Waals surface area contributed by atoms with Crippen molar-refractivity contribution >= 4 is 50.6 Å². The number of hydrogen-bond acceptors (Lipinski definition) is 8. The van der Waals surface area contributed by atoms with Gasteiger partial charge in [0.05, 0.1) is 25.4 Å². The van der Waals surface area contributed by atoms with Gasteiger partial charge in [0, 0.05) is 35.2 Å². The summed E-state index contributed by atoms with van der Waals surface area (Å²) in [5.74, 6) is 2.89. The molecule has 1 atom stereocenters. The molecule has 3 aromatic heterocycles. The number of thiophene rings is 1. The Kier molecular flexibility index (Phi) is 6.35. The maximum absolute atomic E-state index is 12.7. The standard InChI is InChI=1S/C24H27N5O3S2/c1-5-19-26-23-21(17-7-6-13(2)8-18(17)34-23)22-27-28-24(29(19)22)33-12-20(30)25-14-9-15(31-3)11-16(10-14)32-4/h9-11,13H,5-8,12H2,1-4H3,(H,25,30). The largest absolute Gasteiger partial charge is 0.497 e. The number of hydrogen-bond donors (Lipinski definition) is 1. The van der Waals surface area contributed by atoms with Crippen molar-refractivity contribution in [2.45, 2.75) is 44.7 Å². The Balaban J connectivity index is 1.41. The van der Waals surface area contributed by atoms with Crippen molar-refractivity contribution in [1.82, 2.24) is 19.6 Å². The first-order valence-electron chi connectivity index (χ1n) is 11.3. The molecule has 3 heterocycles. The van der Waals surface area contributed by atoms with Crippen LogP contribution >= 0.6 is 23.1 Å². The van der Waals surface area contributed by atoms with Gasteiger partial charge in [0.25, 0.3) is 0 Å². The lowest BCUT2D eigenvalue weighted by molar-refractivity contribution is -0.113. The van der Waals surface area contributed by atoms with Gasteiger partial charge < -0.3 is 14.8 Å². The molecule has 8 nitrogen and oxygen atoms in total. The summed E-state index contributed by atoms with van der Waals surface area (Å²) in [5, 5.41) is 13.7. The highest BCUT2D eigenvalue weighted by Gasteiger charge is 2.25. The van der Waals surface area contributed by atoms with Crippen LogP contribution < -0.4 is 14.8 Å². The summed E-state index contributed by atoms with van der Waals surface area (Å²) in [4.78, 5) is 20.2. The summed E-state index contributed by atoms with van der Waals surface area (Å²) < 4.78 is 12.6. The molecule has 0 saturated carbocycles. The van der Waals surface area contributed by atoms with Crippen molar-refractivity contribution in [2.24, 2.45) is 5.92 Å². The van der Waals surface area contributed by atoms with E-state index in [2.05, 4.69) is 29.4 Å². The van der Waals surface area contributed by atoms with Crippen molar-refractivity contribution < 1.29 is 14.3 Å². The van der Waals surface area contributed by atoms with E-state index in [-0.39, 0.29) is 11.7 Å². The van der Waals surface area contributed by atoms with Crippen LogP contribution in [0.3, 0.4) is 0 Å². The van der Waals surface area contributed by atoms with Crippen LogP contribution in [0.4, 0.5) is 5.69 Å². The van der Waals surface area contributed by atoms with E-state index in [9.17, 15) is 4.79 Å². The fraction of sp³-hybridized carbons (Fsp3) is 0.417. The van der Waals surface area contributed by atoms with Gasteiger partial charge >= 0.3 is 0 Å². The van der Waals surface area contributed by atoms with Crippen molar-refractivity contribution in [3.05, 3.63) is 34.5 Å². The molecule has 0 radical (unpaired) electrons. The number of thioether (sulfide) groups is 1. The summed E-state index contributed by atoms with van der Waals surface area (Å²) >= 11 is 3.16. The number of aryl methyl sites for hydroxylation is 2. The molecule has 0 bridgehead atoms. The van der Waals surface area contributed by atoms with E-state index in [0.717, 1.165) is 41.0 Å². The maximum Gasteiger partial charge on any atom is 0.234 e. The third-order valence-electron chi connectivity index (χ3n) is 6.12. The predicted molar refractivity (Wildman–Crippen MR) is 136 cm³/mol. The molecule has 4 aromatic rings. The number of aromatic nitrogens is 4. The molecule has 0 saturated heterocycles. The average Bonchev–Trinajstić information content (AvgIpc) is 3.42. The smallest absolute Gasteiger partial charge is 0.234 e. The van der Waals surface area contributed by atoms with Gasteiger partial charge in [-0.3, -0.25) is 9.20 Å². The first-order valence-corrected chi connectivity index (χ1v) is 13.1. The van der Waals surface area contributed by atoms with E-state index in [1.54, 1.807) is 43.8 Å². The van der Waals surface area contributed by atoms with Gasteiger partial charge in [0.1, 0.15) is 22.2 Å². The topological polar surface area (TPSA) is 90.6 Å². The van der Waals surface area contributed by atoms with E-state index < -0.39 is 0 Å². The van der Waals surface area contributed by atoms with E-state index in [1.165, 1.54) is 28.6 Å². The highest BCUT2D eigenvalue weighted by molar-refractivity contribution is 7.99. The minimum Gasteiger partial charge on any atom is -0.497 e. The van der Waals surface area contributed by atoms with E-state index in [1.807, 2.05) is 4.40 Å². The van der Waals surface area contributed by atoms with E-state index in [0.29, 0.717) is 28.3 Å². The molecular formula is C24H27N5O3S2. The molecule has 1 aliphatic carbocycles. The van der Waals surface area contributed by atoms with Crippen LogP contribution in [-0.4, -0.2) is 45.5 Å². The second kappa shape index (κ2) is 9.42. The maximum atomic E-state index is 12.7. The number of rotatable bonds is 7. The first-order chi connectivity index (χ1) is 16.5. The van der Waals surface area contributed by atoms with Crippen LogP contribution in [0.25, 0.3) is 15.9 Å². The molecule has 1 N–H and O–H groups in total. The lowest BCUT2D eigenvalue weighted by atomic mass is 9.89. The van der Waals surface area contributed by atoms with E-state index >= 15 is 0 Å². The number of carbonyl (C=O) groups is 1. The number of methoxy groups -OCH3 is 2. The van der Waals surface area contributed by atoms with Crippen LogP contribution in [0.5, 0.6) is 11.5 Å². The third kappa shape index (κ3) is 4.20. The van der Waals surface area contributed by atoms with Crippen molar-refractivity contribution in [3.8, 4) is 11.5 Å². The Bertz CT molecular complexity index is 1360. The summed E-state index contributed by atoms with van der Waals surface area (Å²) in [7, 11) is 3.16. The molecule has 10 heteroatoms. The van der Waals surface area contributed by atoms with Crippen molar-refractivity contribution in [2.75, 3.05) is 25.3 Å². The molecule has 34 heavy (non-hydrogen) atoms. The zero-order chi connectivity index (χ0) is 23.8.